The second-order valence-electron chi connectivity index (χ2n) is 5.38. The number of aromatic amines is 1. The first-order chi connectivity index (χ1) is 10.2. The number of rotatable bonds is 5. The lowest BCUT2D eigenvalue weighted by molar-refractivity contribution is 1.08. The maximum absolute atomic E-state index is 4.70. The summed E-state index contributed by atoms with van der Waals surface area (Å²) < 4.78 is 0. The summed E-state index contributed by atoms with van der Waals surface area (Å²) in [6.45, 7) is 7.88. The third kappa shape index (κ3) is 2.89. The molecule has 1 fully saturated rings. The maximum Gasteiger partial charge on any atom is 0.163 e. The molecule has 2 aromatic rings. The first kappa shape index (κ1) is 13.6. The van der Waals surface area contributed by atoms with E-state index in [2.05, 4.69) is 27.9 Å². The van der Waals surface area contributed by atoms with Crippen molar-refractivity contribution in [3.63, 3.8) is 0 Å². The van der Waals surface area contributed by atoms with Crippen molar-refractivity contribution in [2.45, 2.75) is 32.7 Å². The zero-order chi connectivity index (χ0) is 14.8. The van der Waals surface area contributed by atoms with E-state index >= 15 is 0 Å². The number of fused-ring (bicyclic) bond motifs is 1. The van der Waals surface area contributed by atoms with Gasteiger partial charge in [-0.25, -0.2) is 9.97 Å². The summed E-state index contributed by atoms with van der Waals surface area (Å²) in [5.41, 5.74) is 2.88. The highest BCUT2D eigenvalue weighted by Crippen LogP contribution is 2.29. The van der Waals surface area contributed by atoms with Gasteiger partial charge >= 0.3 is 0 Å². The molecule has 0 spiro atoms. The fourth-order valence-corrected chi connectivity index (χ4v) is 2.23. The molecule has 2 aromatic heterocycles. The fraction of sp³-hybridized carbons (Fsp3) is 0.294. The Balaban J connectivity index is 2.11. The third-order valence-electron chi connectivity index (χ3n) is 3.49. The number of nitrogens with one attached hydrogen (secondary N) is 2. The number of aromatic nitrogens is 3. The second-order valence-corrected chi connectivity index (χ2v) is 5.38. The Morgan fingerprint density at radius 2 is 2.24 bits per heavy atom. The molecule has 4 heteroatoms. The molecule has 0 radical (unpaired) electrons. The van der Waals surface area contributed by atoms with Crippen molar-refractivity contribution in [2.75, 3.05) is 5.32 Å². The lowest BCUT2D eigenvalue weighted by Gasteiger charge is -2.08. The van der Waals surface area contributed by atoms with E-state index in [1.54, 1.807) is 6.08 Å². The Bertz CT molecular complexity index is 733. The summed E-state index contributed by atoms with van der Waals surface area (Å²) in [6.07, 6.45) is 10.1. The summed E-state index contributed by atoms with van der Waals surface area (Å²) in [5, 5.41) is 4.55. The normalized spacial score (nSPS) is 15.8. The van der Waals surface area contributed by atoms with Gasteiger partial charge in [0.05, 0.1) is 5.39 Å². The molecule has 4 nitrogen and oxygen atoms in total. The van der Waals surface area contributed by atoms with Crippen molar-refractivity contribution < 1.29 is 0 Å². The molecule has 108 valence electrons. The molecule has 0 unspecified atom stereocenters. The standard InChI is InChI=1S/C17H20N4/c1-4-6-7-12(5-2)15-20-16-14(10-11(3)18-16)17(21-15)19-13-8-9-13/h4-7,10,13H,2,8-9H2,1,3H3,(H2,18,19,20,21)/b6-4-,12-7+. The van der Waals surface area contributed by atoms with Crippen LogP contribution in [0.2, 0.25) is 0 Å². The Hall–Kier alpha value is -2.36. The maximum atomic E-state index is 4.70. The van der Waals surface area contributed by atoms with Gasteiger partial charge in [-0.3, -0.25) is 0 Å². The Labute approximate surface area is 124 Å². The summed E-state index contributed by atoms with van der Waals surface area (Å²) in [4.78, 5) is 12.6. The minimum absolute atomic E-state index is 0.554. The van der Waals surface area contributed by atoms with Crippen molar-refractivity contribution in [3.05, 3.63) is 48.5 Å². The fourth-order valence-electron chi connectivity index (χ4n) is 2.23. The number of hydrogen-bond donors (Lipinski definition) is 2. The van der Waals surface area contributed by atoms with Crippen molar-refractivity contribution in [2.24, 2.45) is 0 Å². The summed E-state index contributed by atoms with van der Waals surface area (Å²) in [5.74, 6) is 1.61. The van der Waals surface area contributed by atoms with Crippen molar-refractivity contribution in [1.29, 1.82) is 0 Å². The first-order valence-corrected chi connectivity index (χ1v) is 7.31. The molecule has 21 heavy (non-hydrogen) atoms. The minimum atomic E-state index is 0.554. The van der Waals surface area contributed by atoms with E-state index in [1.165, 1.54) is 12.8 Å². The van der Waals surface area contributed by atoms with E-state index in [4.69, 9.17) is 4.98 Å². The zero-order valence-corrected chi connectivity index (χ0v) is 12.5. The van der Waals surface area contributed by atoms with Gasteiger partial charge in [-0.05, 0) is 32.8 Å². The number of nitrogens with zero attached hydrogens (tertiary/aromatic N) is 2. The van der Waals surface area contributed by atoms with Crippen molar-refractivity contribution >= 4 is 22.4 Å². The van der Waals surface area contributed by atoms with E-state index in [0.29, 0.717) is 11.9 Å². The predicted molar refractivity (Wildman–Crippen MR) is 88.3 cm³/mol. The average molecular weight is 280 g/mol. The largest absolute Gasteiger partial charge is 0.367 e. The van der Waals surface area contributed by atoms with Gasteiger partial charge in [0, 0.05) is 17.3 Å². The lowest BCUT2D eigenvalue weighted by atomic mass is 10.2. The van der Waals surface area contributed by atoms with E-state index < -0.39 is 0 Å². The monoisotopic (exact) mass is 280 g/mol. The molecular formula is C17H20N4. The third-order valence-corrected chi connectivity index (χ3v) is 3.49. The number of hydrogen-bond acceptors (Lipinski definition) is 3. The molecule has 0 saturated heterocycles. The number of H-pyrrole nitrogens is 1. The van der Waals surface area contributed by atoms with E-state index in [9.17, 15) is 0 Å². The Kier molecular flexibility index (Phi) is 3.60. The van der Waals surface area contributed by atoms with Crippen LogP contribution in [0.1, 0.15) is 31.3 Å². The van der Waals surface area contributed by atoms with Gasteiger partial charge in [-0.2, -0.15) is 0 Å². The highest BCUT2D eigenvalue weighted by molar-refractivity contribution is 5.90. The molecular weight excluding hydrogens is 260 g/mol. The van der Waals surface area contributed by atoms with Crippen LogP contribution in [0.5, 0.6) is 0 Å². The molecule has 2 heterocycles. The van der Waals surface area contributed by atoms with E-state index in [0.717, 1.165) is 28.1 Å². The van der Waals surface area contributed by atoms with Gasteiger partial charge in [0.1, 0.15) is 11.5 Å². The van der Waals surface area contributed by atoms with Crippen LogP contribution in [0.3, 0.4) is 0 Å². The lowest BCUT2D eigenvalue weighted by Crippen LogP contribution is -2.06. The van der Waals surface area contributed by atoms with Crippen LogP contribution in [-0.4, -0.2) is 21.0 Å². The Morgan fingerprint density at radius 1 is 1.43 bits per heavy atom. The molecule has 1 aliphatic carbocycles. The van der Waals surface area contributed by atoms with Crippen LogP contribution in [0.25, 0.3) is 16.6 Å². The average Bonchev–Trinajstić information content (AvgIpc) is 3.19. The topological polar surface area (TPSA) is 53.6 Å². The van der Waals surface area contributed by atoms with Gasteiger partial charge in [0.25, 0.3) is 0 Å². The van der Waals surface area contributed by atoms with Gasteiger partial charge in [-0.15, -0.1) is 0 Å². The molecule has 1 aliphatic rings. The highest BCUT2D eigenvalue weighted by atomic mass is 15.1. The summed E-state index contributed by atoms with van der Waals surface area (Å²) >= 11 is 0. The molecule has 0 bridgehead atoms. The number of allylic oxidation sites excluding steroid dienone is 5. The van der Waals surface area contributed by atoms with Gasteiger partial charge in [0.2, 0.25) is 0 Å². The van der Waals surface area contributed by atoms with Crippen LogP contribution in [-0.2, 0) is 0 Å². The molecule has 0 aliphatic heterocycles. The highest BCUT2D eigenvalue weighted by Gasteiger charge is 2.23. The molecule has 0 atom stereocenters. The van der Waals surface area contributed by atoms with Crippen LogP contribution in [0.15, 0.2) is 36.9 Å². The van der Waals surface area contributed by atoms with Gasteiger partial charge < -0.3 is 10.3 Å². The number of aryl methyl sites for hydroxylation is 1. The quantitative estimate of drug-likeness (QED) is 0.814. The van der Waals surface area contributed by atoms with Crippen molar-refractivity contribution in [1.82, 2.24) is 15.0 Å². The van der Waals surface area contributed by atoms with Gasteiger partial charge in [-0.1, -0.05) is 30.9 Å². The summed E-state index contributed by atoms with van der Waals surface area (Å²) in [6, 6.07) is 2.64. The molecule has 2 N–H and O–H groups in total. The molecule has 0 aromatic carbocycles. The smallest absolute Gasteiger partial charge is 0.163 e. The van der Waals surface area contributed by atoms with Crippen LogP contribution >= 0.6 is 0 Å². The van der Waals surface area contributed by atoms with Crippen LogP contribution < -0.4 is 5.32 Å². The SMILES string of the molecule is C=C/C(=C\C=C/C)c1nc(NC2CC2)c2cc(C)[nH]c2n1. The minimum Gasteiger partial charge on any atom is -0.367 e. The van der Waals surface area contributed by atoms with Crippen molar-refractivity contribution in [3.8, 4) is 0 Å². The Morgan fingerprint density at radius 3 is 2.90 bits per heavy atom. The molecule has 0 amide bonds. The van der Waals surface area contributed by atoms with Crippen LogP contribution in [0, 0.1) is 6.92 Å². The zero-order valence-electron chi connectivity index (χ0n) is 12.5. The first-order valence-electron chi connectivity index (χ1n) is 7.31. The van der Waals surface area contributed by atoms with E-state index in [1.807, 2.05) is 32.1 Å². The molecule has 1 saturated carbocycles. The second kappa shape index (κ2) is 5.56. The predicted octanol–water partition coefficient (Wildman–Crippen LogP) is 3.99. The van der Waals surface area contributed by atoms with E-state index in [-0.39, 0.29) is 0 Å². The van der Waals surface area contributed by atoms with Gasteiger partial charge in [0.15, 0.2) is 5.82 Å². The summed E-state index contributed by atoms with van der Waals surface area (Å²) in [7, 11) is 0. The number of anilines is 1. The molecule has 3 rings (SSSR count). The van der Waals surface area contributed by atoms with Crippen LogP contribution in [0.4, 0.5) is 5.82 Å².